The fraction of sp³-hybridized carbons (Fsp3) is 0.0625. The van der Waals surface area contributed by atoms with Crippen LogP contribution in [0.5, 0.6) is 0 Å². The lowest BCUT2D eigenvalue weighted by Crippen LogP contribution is -1.94. The minimum atomic E-state index is -0.925. The van der Waals surface area contributed by atoms with E-state index in [-0.39, 0.29) is 5.69 Å². The van der Waals surface area contributed by atoms with Gasteiger partial charge >= 0.3 is 5.97 Å². The maximum absolute atomic E-state index is 10.5. The maximum Gasteiger partial charge on any atom is 0.352 e. The van der Waals surface area contributed by atoms with Crippen LogP contribution in [0.25, 0.3) is 10.9 Å². The zero-order valence-electron chi connectivity index (χ0n) is 11.3. The van der Waals surface area contributed by atoms with Crippen LogP contribution in [0, 0.1) is 0 Å². The molecule has 0 radical (unpaired) electrons. The molecule has 0 aliphatic rings. The van der Waals surface area contributed by atoms with E-state index in [2.05, 4.69) is 4.98 Å². The summed E-state index contributed by atoms with van der Waals surface area (Å²) in [5.74, 6) is -0.456. The molecule has 2 aromatic carbocycles. The van der Waals surface area contributed by atoms with E-state index in [1.165, 1.54) is 0 Å². The maximum atomic E-state index is 10.5. The zero-order chi connectivity index (χ0) is 16.1. The Morgan fingerprint density at radius 2 is 1.77 bits per heavy atom. The molecule has 0 amide bonds. The highest BCUT2D eigenvalue weighted by atomic mass is 35.5. The number of halogens is 3. The van der Waals surface area contributed by atoms with E-state index in [0.717, 1.165) is 16.5 Å². The first-order chi connectivity index (χ1) is 10.5. The van der Waals surface area contributed by atoms with Crippen LogP contribution in [0.3, 0.4) is 0 Å². The summed E-state index contributed by atoms with van der Waals surface area (Å²) in [7, 11) is 0. The minimum Gasteiger partial charge on any atom is -0.477 e. The predicted octanol–water partition coefficient (Wildman–Crippen LogP) is 5.60. The fourth-order valence-electron chi connectivity index (χ4n) is 1.81. The normalized spacial score (nSPS) is 10.1. The number of benzene rings is 2. The van der Waals surface area contributed by atoms with E-state index in [4.69, 9.17) is 39.9 Å². The Bertz CT molecular complexity index is 766. The number of fused-ring (bicyclic) bond motifs is 1. The summed E-state index contributed by atoms with van der Waals surface area (Å²) in [4.78, 5) is 13.3. The highest BCUT2D eigenvalue weighted by molar-refractivity contribution is 6.42. The lowest BCUT2D eigenvalue weighted by Gasteiger charge is -1.96. The molecule has 0 saturated carbocycles. The number of aromatic amines is 1. The van der Waals surface area contributed by atoms with E-state index in [0.29, 0.717) is 15.9 Å². The van der Waals surface area contributed by atoms with Crippen molar-refractivity contribution in [2.75, 3.05) is 0 Å². The lowest BCUT2D eigenvalue weighted by molar-refractivity contribution is 0.0691. The van der Waals surface area contributed by atoms with Gasteiger partial charge in [-0.25, -0.2) is 4.79 Å². The first-order valence-electron chi connectivity index (χ1n) is 6.32. The molecule has 0 aliphatic heterocycles. The Morgan fingerprint density at radius 1 is 1.05 bits per heavy atom. The van der Waals surface area contributed by atoms with Gasteiger partial charge in [0.15, 0.2) is 0 Å². The molecule has 0 aliphatic carbocycles. The first kappa shape index (κ1) is 16.7. The number of para-hydroxylation sites is 1. The fourth-order valence-corrected chi connectivity index (χ4v) is 2.30. The van der Waals surface area contributed by atoms with Crippen LogP contribution in [-0.2, 0) is 5.88 Å². The number of hydrogen-bond donors (Lipinski definition) is 2. The van der Waals surface area contributed by atoms with E-state index in [1.807, 2.05) is 30.3 Å². The molecule has 3 nitrogen and oxygen atoms in total. The monoisotopic (exact) mass is 355 g/mol. The van der Waals surface area contributed by atoms with Crippen molar-refractivity contribution in [1.29, 1.82) is 0 Å². The Hall–Kier alpha value is -1.68. The zero-order valence-corrected chi connectivity index (χ0v) is 13.6. The van der Waals surface area contributed by atoms with E-state index in [9.17, 15) is 4.79 Å². The third-order valence-electron chi connectivity index (χ3n) is 2.90. The van der Waals surface area contributed by atoms with E-state index >= 15 is 0 Å². The number of H-pyrrole nitrogens is 1. The van der Waals surface area contributed by atoms with Crippen molar-refractivity contribution < 1.29 is 9.90 Å². The number of hydrogen-bond acceptors (Lipinski definition) is 1. The lowest BCUT2D eigenvalue weighted by atomic mass is 10.2. The van der Waals surface area contributed by atoms with Gasteiger partial charge in [-0.1, -0.05) is 47.5 Å². The number of carboxylic acids is 1. The van der Waals surface area contributed by atoms with Crippen LogP contribution in [-0.4, -0.2) is 16.1 Å². The largest absolute Gasteiger partial charge is 0.477 e. The molecule has 0 fully saturated rings. The van der Waals surface area contributed by atoms with Crippen LogP contribution < -0.4 is 0 Å². The van der Waals surface area contributed by atoms with Crippen molar-refractivity contribution in [3.63, 3.8) is 0 Å². The third-order valence-corrected chi connectivity index (χ3v) is 3.95. The van der Waals surface area contributed by atoms with Crippen LogP contribution in [0.15, 0.2) is 48.5 Å². The molecular weight excluding hydrogens is 345 g/mol. The van der Waals surface area contributed by atoms with Crippen molar-refractivity contribution in [3.8, 4) is 0 Å². The van der Waals surface area contributed by atoms with Gasteiger partial charge in [0.1, 0.15) is 5.69 Å². The van der Waals surface area contributed by atoms with Gasteiger partial charge in [-0.2, -0.15) is 0 Å². The molecule has 3 rings (SSSR count). The van der Waals surface area contributed by atoms with Crippen molar-refractivity contribution in [2.24, 2.45) is 0 Å². The molecular formula is C16H12Cl3NO2. The van der Waals surface area contributed by atoms with Crippen molar-refractivity contribution in [3.05, 3.63) is 69.8 Å². The van der Waals surface area contributed by atoms with Gasteiger partial charge in [0, 0.05) is 16.8 Å². The first-order valence-corrected chi connectivity index (χ1v) is 7.61. The van der Waals surface area contributed by atoms with Crippen molar-refractivity contribution in [2.45, 2.75) is 5.88 Å². The van der Waals surface area contributed by atoms with E-state index < -0.39 is 5.97 Å². The van der Waals surface area contributed by atoms with E-state index in [1.54, 1.807) is 18.2 Å². The molecule has 0 atom stereocenters. The number of alkyl halides is 1. The molecule has 1 heterocycles. The quantitative estimate of drug-likeness (QED) is 0.587. The summed E-state index contributed by atoms with van der Waals surface area (Å²) in [6.07, 6.45) is 0. The molecule has 3 aromatic rings. The average molecular weight is 357 g/mol. The Morgan fingerprint density at radius 3 is 2.36 bits per heavy atom. The third kappa shape index (κ3) is 4.17. The van der Waals surface area contributed by atoms with Gasteiger partial charge in [0.05, 0.1) is 10.0 Å². The molecule has 6 heteroatoms. The summed E-state index contributed by atoms with van der Waals surface area (Å²) < 4.78 is 0. The Kier molecular flexibility index (Phi) is 5.72. The van der Waals surface area contributed by atoms with Crippen molar-refractivity contribution >= 4 is 51.7 Å². The minimum absolute atomic E-state index is 0.233. The van der Waals surface area contributed by atoms with Gasteiger partial charge in [-0.05, 0) is 29.8 Å². The molecule has 22 heavy (non-hydrogen) atoms. The SMILES string of the molecule is ClCc1ccc(Cl)c(Cl)c1.O=C(O)c1cc2ccccc2[nH]1. The topological polar surface area (TPSA) is 53.1 Å². The molecule has 1 aromatic heterocycles. The van der Waals surface area contributed by atoms with Gasteiger partial charge < -0.3 is 10.1 Å². The number of carboxylic acid groups (broad SMARTS) is 1. The molecule has 0 spiro atoms. The second kappa shape index (κ2) is 7.54. The second-order valence-electron chi connectivity index (χ2n) is 4.46. The molecule has 0 unspecified atom stereocenters. The summed E-state index contributed by atoms with van der Waals surface area (Å²) in [5.41, 5.74) is 2.07. The van der Waals surface area contributed by atoms with Gasteiger partial charge in [0.2, 0.25) is 0 Å². The number of aromatic carboxylic acids is 1. The molecule has 2 N–H and O–H groups in total. The second-order valence-corrected chi connectivity index (χ2v) is 5.54. The van der Waals surface area contributed by atoms with Crippen LogP contribution in [0.1, 0.15) is 16.1 Å². The molecule has 0 bridgehead atoms. The highest BCUT2D eigenvalue weighted by Gasteiger charge is 2.05. The standard InChI is InChI=1S/C9H7NO2.C7H5Cl3/c11-9(12)8-5-6-3-1-2-4-7(6)10-8;8-4-5-1-2-6(9)7(10)3-5/h1-5,10H,(H,11,12);1-3H,4H2. The van der Waals surface area contributed by atoms with Gasteiger partial charge in [-0.3, -0.25) is 0 Å². The van der Waals surface area contributed by atoms with Crippen LogP contribution >= 0.6 is 34.8 Å². The number of aromatic nitrogens is 1. The number of nitrogens with one attached hydrogen (secondary N) is 1. The summed E-state index contributed by atoms with van der Waals surface area (Å²) in [5, 5.41) is 10.7. The Balaban J connectivity index is 0.000000164. The summed E-state index contributed by atoms with van der Waals surface area (Å²) >= 11 is 16.9. The molecule has 0 saturated heterocycles. The van der Waals surface area contributed by atoms with Gasteiger partial charge in [0.25, 0.3) is 0 Å². The Labute approximate surface area is 142 Å². The smallest absolute Gasteiger partial charge is 0.352 e. The summed E-state index contributed by atoms with van der Waals surface area (Å²) in [6, 6.07) is 14.4. The predicted molar refractivity (Wildman–Crippen MR) is 91.3 cm³/mol. The number of rotatable bonds is 2. The highest BCUT2D eigenvalue weighted by Crippen LogP contribution is 2.23. The van der Waals surface area contributed by atoms with Gasteiger partial charge in [-0.15, -0.1) is 11.6 Å². The average Bonchev–Trinajstić information content (AvgIpc) is 2.95. The van der Waals surface area contributed by atoms with Crippen LogP contribution in [0.4, 0.5) is 0 Å². The van der Waals surface area contributed by atoms with Crippen LogP contribution in [0.2, 0.25) is 10.0 Å². The van der Waals surface area contributed by atoms with Crippen molar-refractivity contribution in [1.82, 2.24) is 4.98 Å². The summed E-state index contributed by atoms with van der Waals surface area (Å²) in [6.45, 7) is 0. The number of carbonyl (C=O) groups is 1. The molecule has 114 valence electrons.